The molecule has 20 heavy (non-hydrogen) atoms. The molecule has 0 aliphatic carbocycles. The normalized spacial score (nSPS) is 15.1. The molecule has 0 spiro atoms. The minimum atomic E-state index is -0.901. The van der Waals surface area contributed by atoms with E-state index in [1.807, 2.05) is 38.1 Å². The molecular formula is C17H25NO2. The minimum Gasteiger partial charge on any atom is -0.391 e. The van der Waals surface area contributed by atoms with Crippen molar-refractivity contribution < 1.29 is 10.2 Å². The van der Waals surface area contributed by atoms with Crippen molar-refractivity contribution in [3.05, 3.63) is 35.4 Å². The first-order valence-corrected chi connectivity index (χ1v) is 7.25. The molecule has 0 aromatic heterocycles. The molecule has 0 amide bonds. The highest BCUT2D eigenvalue weighted by Gasteiger charge is 2.19. The topological polar surface area (TPSA) is 66.5 Å². The van der Waals surface area contributed by atoms with E-state index in [2.05, 4.69) is 11.8 Å². The van der Waals surface area contributed by atoms with Crippen LogP contribution in [0.3, 0.4) is 0 Å². The van der Waals surface area contributed by atoms with Gasteiger partial charge in [0, 0.05) is 12.1 Å². The summed E-state index contributed by atoms with van der Waals surface area (Å²) in [6.07, 6.45) is 2.22. The van der Waals surface area contributed by atoms with Crippen molar-refractivity contribution in [2.24, 2.45) is 5.73 Å². The van der Waals surface area contributed by atoms with Gasteiger partial charge in [-0.3, -0.25) is 0 Å². The van der Waals surface area contributed by atoms with Gasteiger partial charge < -0.3 is 15.9 Å². The zero-order valence-corrected chi connectivity index (χ0v) is 12.4. The van der Waals surface area contributed by atoms with Crippen molar-refractivity contribution >= 4 is 0 Å². The third-order valence-electron chi connectivity index (χ3n) is 3.36. The summed E-state index contributed by atoms with van der Waals surface area (Å²) < 4.78 is 0. The van der Waals surface area contributed by atoms with Crippen LogP contribution in [0.5, 0.6) is 0 Å². The van der Waals surface area contributed by atoms with Gasteiger partial charge in [-0.05, 0) is 37.0 Å². The Kier molecular flexibility index (Phi) is 6.74. The summed E-state index contributed by atoms with van der Waals surface area (Å²) >= 11 is 0. The average molecular weight is 275 g/mol. The Bertz CT molecular complexity index is 475. The molecule has 4 N–H and O–H groups in total. The Labute approximate surface area is 121 Å². The van der Waals surface area contributed by atoms with Crippen LogP contribution in [0, 0.1) is 11.8 Å². The molecule has 1 aromatic carbocycles. The van der Waals surface area contributed by atoms with Gasteiger partial charge in [-0.25, -0.2) is 0 Å². The zero-order chi connectivity index (χ0) is 15.0. The number of aliphatic hydroxyl groups excluding tert-OH is 1. The van der Waals surface area contributed by atoms with Gasteiger partial charge in [0.1, 0.15) is 5.60 Å². The fourth-order valence-corrected chi connectivity index (χ4v) is 2.06. The standard InChI is InChI=1S/C17H25NO2/c1-3-9-17(20,4-2)10-8-14-6-5-7-15(11-14)12-16(19)13-18/h5-7,11,16,19-20H,3-4,9,12-13,18H2,1-2H3. The second-order valence-electron chi connectivity index (χ2n) is 5.18. The fraction of sp³-hybridized carbons (Fsp3) is 0.529. The molecule has 1 rings (SSSR count). The number of benzene rings is 1. The molecule has 2 atom stereocenters. The van der Waals surface area contributed by atoms with Gasteiger partial charge in [0.2, 0.25) is 0 Å². The Morgan fingerprint density at radius 1 is 1.35 bits per heavy atom. The van der Waals surface area contributed by atoms with Crippen molar-refractivity contribution in [1.29, 1.82) is 0 Å². The SMILES string of the molecule is CCCC(O)(C#Cc1cccc(CC(O)CN)c1)CC. The van der Waals surface area contributed by atoms with Gasteiger partial charge in [-0.15, -0.1) is 0 Å². The molecule has 0 heterocycles. The van der Waals surface area contributed by atoms with Gasteiger partial charge in [0.25, 0.3) is 0 Å². The first-order valence-electron chi connectivity index (χ1n) is 7.25. The monoisotopic (exact) mass is 275 g/mol. The predicted molar refractivity (Wildman–Crippen MR) is 82.2 cm³/mol. The first-order chi connectivity index (χ1) is 9.53. The van der Waals surface area contributed by atoms with Crippen LogP contribution in [0.1, 0.15) is 44.2 Å². The van der Waals surface area contributed by atoms with Gasteiger partial charge >= 0.3 is 0 Å². The Morgan fingerprint density at radius 3 is 2.70 bits per heavy atom. The van der Waals surface area contributed by atoms with Crippen LogP contribution in [-0.4, -0.2) is 28.5 Å². The van der Waals surface area contributed by atoms with Crippen LogP contribution in [0.2, 0.25) is 0 Å². The summed E-state index contributed by atoms with van der Waals surface area (Å²) in [5, 5.41) is 19.9. The van der Waals surface area contributed by atoms with Crippen molar-refractivity contribution in [1.82, 2.24) is 0 Å². The van der Waals surface area contributed by atoms with Gasteiger partial charge in [0.15, 0.2) is 0 Å². The van der Waals surface area contributed by atoms with Crippen LogP contribution in [0.25, 0.3) is 0 Å². The van der Waals surface area contributed by atoms with Crippen LogP contribution < -0.4 is 5.73 Å². The molecule has 0 aliphatic heterocycles. The van der Waals surface area contributed by atoms with Gasteiger partial charge in [-0.1, -0.05) is 44.2 Å². The van der Waals surface area contributed by atoms with E-state index in [0.29, 0.717) is 19.3 Å². The van der Waals surface area contributed by atoms with E-state index in [4.69, 9.17) is 5.73 Å². The molecule has 0 aliphatic rings. The molecule has 0 fully saturated rings. The summed E-state index contributed by atoms with van der Waals surface area (Å²) in [6.45, 7) is 4.23. The number of hydrogen-bond acceptors (Lipinski definition) is 3. The molecule has 0 saturated carbocycles. The van der Waals surface area contributed by atoms with Gasteiger partial charge in [0.05, 0.1) is 6.10 Å². The van der Waals surface area contributed by atoms with Crippen molar-refractivity contribution in [2.75, 3.05) is 6.54 Å². The van der Waals surface area contributed by atoms with Crippen molar-refractivity contribution in [2.45, 2.75) is 51.2 Å². The Morgan fingerprint density at radius 2 is 2.10 bits per heavy atom. The molecule has 0 bridgehead atoms. The molecule has 1 aromatic rings. The number of rotatable bonds is 6. The third kappa shape index (κ3) is 5.34. The highest BCUT2D eigenvalue weighted by atomic mass is 16.3. The lowest BCUT2D eigenvalue weighted by Gasteiger charge is -2.18. The number of nitrogens with two attached hydrogens (primary N) is 1. The summed E-state index contributed by atoms with van der Waals surface area (Å²) in [6, 6.07) is 7.71. The molecular weight excluding hydrogens is 250 g/mol. The maximum Gasteiger partial charge on any atom is 0.125 e. The second-order valence-corrected chi connectivity index (χ2v) is 5.18. The van der Waals surface area contributed by atoms with E-state index in [1.165, 1.54) is 0 Å². The average Bonchev–Trinajstić information content (AvgIpc) is 2.46. The summed E-state index contributed by atoms with van der Waals surface area (Å²) in [5.41, 5.74) is 6.37. The molecule has 0 saturated heterocycles. The Hall–Kier alpha value is -1.34. The van der Waals surface area contributed by atoms with Crippen LogP contribution >= 0.6 is 0 Å². The lowest BCUT2D eigenvalue weighted by molar-refractivity contribution is 0.0868. The predicted octanol–water partition coefficient (Wildman–Crippen LogP) is 1.84. The Balaban J connectivity index is 2.85. The van der Waals surface area contributed by atoms with E-state index in [1.54, 1.807) is 0 Å². The molecule has 2 unspecified atom stereocenters. The van der Waals surface area contributed by atoms with E-state index in [-0.39, 0.29) is 6.54 Å². The van der Waals surface area contributed by atoms with Crippen LogP contribution in [-0.2, 0) is 6.42 Å². The zero-order valence-electron chi connectivity index (χ0n) is 12.4. The van der Waals surface area contributed by atoms with E-state index < -0.39 is 11.7 Å². The highest BCUT2D eigenvalue weighted by Crippen LogP contribution is 2.16. The van der Waals surface area contributed by atoms with Crippen molar-refractivity contribution in [3.8, 4) is 11.8 Å². The summed E-state index contributed by atoms with van der Waals surface area (Å²) in [4.78, 5) is 0. The largest absolute Gasteiger partial charge is 0.391 e. The van der Waals surface area contributed by atoms with E-state index >= 15 is 0 Å². The lowest BCUT2D eigenvalue weighted by Crippen LogP contribution is -2.24. The maximum absolute atomic E-state index is 10.3. The highest BCUT2D eigenvalue weighted by molar-refractivity contribution is 5.39. The first kappa shape index (κ1) is 16.7. The number of aliphatic hydroxyl groups is 2. The molecule has 0 radical (unpaired) electrons. The number of hydrogen-bond donors (Lipinski definition) is 3. The fourth-order valence-electron chi connectivity index (χ4n) is 2.06. The summed E-state index contributed by atoms with van der Waals surface area (Å²) in [7, 11) is 0. The minimum absolute atomic E-state index is 0.252. The second kappa shape index (κ2) is 8.06. The lowest BCUT2D eigenvalue weighted by atomic mass is 9.95. The quantitative estimate of drug-likeness (QED) is 0.694. The van der Waals surface area contributed by atoms with E-state index in [9.17, 15) is 10.2 Å². The van der Waals surface area contributed by atoms with Crippen LogP contribution in [0.15, 0.2) is 24.3 Å². The molecule has 110 valence electrons. The molecule has 3 heteroatoms. The van der Waals surface area contributed by atoms with Crippen molar-refractivity contribution in [3.63, 3.8) is 0 Å². The van der Waals surface area contributed by atoms with Crippen LogP contribution in [0.4, 0.5) is 0 Å². The maximum atomic E-state index is 10.3. The smallest absolute Gasteiger partial charge is 0.125 e. The third-order valence-corrected chi connectivity index (χ3v) is 3.36. The van der Waals surface area contributed by atoms with Gasteiger partial charge in [-0.2, -0.15) is 0 Å². The molecule has 3 nitrogen and oxygen atoms in total. The summed E-state index contributed by atoms with van der Waals surface area (Å²) in [5.74, 6) is 6.02. The van der Waals surface area contributed by atoms with E-state index in [0.717, 1.165) is 17.5 Å².